The van der Waals surface area contributed by atoms with Crippen molar-refractivity contribution < 1.29 is 4.79 Å². The summed E-state index contributed by atoms with van der Waals surface area (Å²) in [6.07, 6.45) is 0. The van der Waals surface area contributed by atoms with Gasteiger partial charge in [0.05, 0.1) is 0 Å². The predicted molar refractivity (Wildman–Crippen MR) is 114 cm³/mol. The van der Waals surface area contributed by atoms with Gasteiger partial charge in [0.2, 0.25) is 0 Å². The number of amides is 2. The van der Waals surface area contributed by atoms with Crippen molar-refractivity contribution in [2.24, 2.45) is 0 Å². The topological polar surface area (TPSA) is 38.8 Å². The van der Waals surface area contributed by atoms with Crippen LogP contribution in [0.4, 0.5) is 21.9 Å². The van der Waals surface area contributed by atoms with Gasteiger partial charge in [0, 0.05) is 61.4 Å². The third-order valence-corrected chi connectivity index (χ3v) is 5.26. The number of benzene rings is 2. The molecule has 1 aliphatic heterocycles. The number of hydrogen-bond acceptors (Lipinski definition) is 3. The van der Waals surface area contributed by atoms with Gasteiger partial charge in [0.1, 0.15) is 0 Å². The first-order chi connectivity index (χ1) is 13.1. The molecule has 144 valence electrons. The summed E-state index contributed by atoms with van der Waals surface area (Å²) in [5, 5.41) is 3.75. The SMILES string of the molecule is CCN(CC)c1ccc(NC(=O)N2CCN(c3ccc(Cl)cc3)CC2)cc1. The third kappa shape index (κ3) is 4.86. The summed E-state index contributed by atoms with van der Waals surface area (Å²) in [5.74, 6) is 0. The van der Waals surface area contributed by atoms with E-state index in [4.69, 9.17) is 11.6 Å². The number of nitrogens with one attached hydrogen (secondary N) is 1. The molecule has 0 radical (unpaired) electrons. The van der Waals surface area contributed by atoms with E-state index in [0.717, 1.165) is 42.6 Å². The number of rotatable bonds is 5. The van der Waals surface area contributed by atoms with Crippen molar-refractivity contribution in [3.8, 4) is 0 Å². The van der Waals surface area contributed by atoms with Crippen molar-refractivity contribution in [2.45, 2.75) is 13.8 Å². The average molecular weight is 387 g/mol. The molecule has 27 heavy (non-hydrogen) atoms. The Morgan fingerprint density at radius 2 is 1.56 bits per heavy atom. The first kappa shape index (κ1) is 19.4. The van der Waals surface area contributed by atoms with Crippen LogP contribution in [0.15, 0.2) is 48.5 Å². The minimum Gasteiger partial charge on any atom is -0.372 e. The van der Waals surface area contributed by atoms with E-state index in [1.165, 1.54) is 5.69 Å². The standard InChI is InChI=1S/C21H27ClN4O/c1-3-24(4-2)19-11-7-18(8-12-19)23-21(27)26-15-13-25(14-16-26)20-9-5-17(22)6-10-20/h5-12H,3-4,13-16H2,1-2H3,(H,23,27). The first-order valence-corrected chi connectivity index (χ1v) is 9.90. The molecule has 1 aliphatic rings. The zero-order valence-electron chi connectivity index (χ0n) is 16.0. The fourth-order valence-corrected chi connectivity index (χ4v) is 3.49. The van der Waals surface area contributed by atoms with Gasteiger partial charge >= 0.3 is 6.03 Å². The fraction of sp³-hybridized carbons (Fsp3) is 0.381. The van der Waals surface area contributed by atoms with Crippen molar-refractivity contribution >= 4 is 34.7 Å². The number of anilines is 3. The van der Waals surface area contributed by atoms with Crippen LogP contribution >= 0.6 is 11.6 Å². The molecule has 0 aromatic heterocycles. The highest BCUT2D eigenvalue weighted by molar-refractivity contribution is 6.30. The van der Waals surface area contributed by atoms with Gasteiger partial charge in [0.25, 0.3) is 0 Å². The molecule has 1 heterocycles. The van der Waals surface area contributed by atoms with E-state index in [1.54, 1.807) is 0 Å². The van der Waals surface area contributed by atoms with Gasteiger partial charge in [-0.3, -0.25) is 0 Å². The number of nitrogens with zero attached hydrogens (tertiary/aromatic N) is 3. The van der Waals surface area contributed by atoms with Crippen LogP contribution in [0, 0.1) is 0 Å². The van der Waals surface area contributed by atoms with Gasteiger partial charge in [-0.1, -0.05) is 11.6 Å². The average Bonchev–Trinajstić information content (AvgIpc) is 2.71. The van der Waals surface area contributed by atoms with Crippen molar-refractivity contribution in [2.75, 3.05) is 54.4 Å². The molecule has 6 heteroatoms. The Hall–Kier alpha value is -2.40. The molecule has 0 bridgehead atoms. The van der Waals surface area contributed by atoms with E-state index in [-0.39, 0.29) is 6.03 Å². The van der Waals surface area contributed by atoms with E-state index in [1.807, 2.05) is 41.3 Å². The predicted octanol–water partition coefficient (Wildman–Crippen LogP) is 4.54. The summed E-state index contributed by atoms with van der Waals surface area (Å²) in [5.41, 5.74) is 3.15. The molecule has 2 aromatic carbocycles. The van der Waals surface area contributed by atoms with E-state index in [9.17, 15) is 4.79 Å². The second kappa shape index (κ2) is 9.00. The van der Waals surface area contributed by atoms with Crippen molar-refractivity contribution in [3.63, 3.8) is 0 Å². The molecule has 2 amide bonds. The minimum absolute atomic E-state index is 0.0404. The monoisotopic (exact) mass is 386 g/mol. The molecule has 0 unspecified atom stereocenters. The third-order valence-electron chi connectivity index (χ3n) is 5.01. The summed E-state index contributed by atoms with van der Waals surface area (Å²) in [7, 11) is 0. The van der Waals surface area contributed by atoms with Gasteiger partial charge in [-0.25, -0.2) is 4.79 Å². The van der Waals surface area contributed by atoms with Crippen LogP contribution in [-0.4, -0.2) is 50.2 Å². The summed E-state index contributed by atoms with van der Waals surface area (Å²) in [4.78, 5) is 19.0. The Morgan fingerprint density at radius 1 is 0.963 bits per heavy atom. The molecule has 0 atom stereocenters. The lowest BCUT2D eigenvalue weighted by Gasteiger charge is -2.36. The molecule has 2 aromatic rings. The Morgan fingerprint density at radius 3 is 2.11 bits per heavy atom. The summed E-state index contributed by atoms with van der Waals surface area (Å²) in [6, 6.07) is 15.9. The highest BCUT2D eigenvalue weighted by atomic mass is 35.5. The van der Waals surface area contributed by atoms with E-state index < -0.39 is 0 Å². The maximum absolute atomic E-state index is 12.6. The first-order valence-electron chi connectivity index (χ1n) is 9.52. The molecular formula is C21H27ClN4O. The highest BCUT2D eigenvalue weighted by Gasteiger charge is 2.21. The van der Waals surface area contributed by atoms with E-state index in [2.05, 4.69) is 41.1 Å². The molecular weight excluding hydrogens is 360 g/mol. The van der Waals surface area contributed by atoms with E-state index >= 15 is 0 Å². The van der Waals surface area contributed by atoms with Crippen LogP contribution in [-0.2, 0) is 0 Å². The Labute approximate surface area is 166 Å². The molecule has 0 saturated carbocycles. The molecule has 1 saturated heterocycles. The Bertz CT molecular complexity index is 736. The molecule has 1 N–H and O–H groups in total. The normalized spacial score (nSPS) is 14.2. The summed E-state index contributed by atoms with van der Waals surface area (Å²) >= 11 is 5.95. The largest absolute Gasteiger partial charge is 0.372 e. The lowest BCUT2D eigenvalue weighted by molar-refractivity contribution is 0.208. The minimum atomic E-state index is -0.0404. The van der Waals surface area contributed by atoms with Crippen molar-refractivity contribution in [1.29, 1.82) is 0 Å². The summed E-state index contributed by atoms with van der Waals surface area (Å²) in [6.45, 7) is 9.26. The second-order valence-electron chi connectivity index (χ2n) is 6.60. The van der Waals surface area contributed by atoms with Gasteiger partial charge in [-0.2, -0.15) is 0 Å². The van der Waals surface area contributed by atoms with Gasteiger partial charge in [-0.05, 0) is 62.4 Å². The Balaban J connectivity index is 1.53. The maximum Gasteiger partial charge on any atom is 0.321 e. The quantitative estimate of drug-likeness (QED) is 0.819. The Kier molecular flexibility index (Phi) is 6.45. The number of carbonyl (C=O) groups is 1. The fourth-order valence-electron chi connectivity index (χ4n) is 3.37. The smallest absolute Gasteiger partial charge is 0.321 e. The molecule has 5 nitrogen and oxygen atoms in total. The molecule has 0 aliphatic carbocycles. The van der Waals surface area contributed by atoms with Gasteiger partial charge in [0.15, 0.2) is 0 Å². The maximum atomic E-state index is 12.6. The molecule has 3 rings (SSSR count). The molecule has 0 spiro atoms. The second-order valence-corrected chi connectivity index (χ2v) is 7.04. The van der Waals surface area contributed by atoms with Gasteiger partial charge in [-0.15, -0.1) is 0 Å². The lowest BCUT2D eigenvalue weighted by atomic mass is 10.2. The van der Waals surface area contributed by atoms with E-state index in [0.29, 0.717) is 13.1 Å². The number of urea groups is 1. The number of carbonyl (C=O) groups excluding carboxylic acids is 1. The van der Waals surface area contributed by atoms with Gasteiger partial charge < -0.3 is 20.0 Å². The van der Waals surface area contributed by atoms with Crippen molar-refractivity contribution in [1.82, 2.24) is 4.90 Å². The van der Waals surface area contributed by atoms with Crippen LogP contribution in [0.25, 0.3) is 0 Å². The molecule has 1 fully saturated rings. The number of hydrogen-bond donors (Lipinski definition) is 1. The van der Waals surface area contributed by atoms with Crippen LogP contribution in [0.3, 0.4) is 0 Å². The number of halogens is 1. The van der Waals surface area contributed by atoms with Crippen LogP contribution in [0.5, 0.6) is 0 Å². The summed E-state index contributed by atoms with van der Waals surface area (Å²) < 4.78 is 0. The van der Waals surface area contributed by atoms with Crippen LogP contribution in [0.2, 0.25) is 5.02 Å². The zero-order chi connectivity index (χ0) is 19.2. The highest BCUT2D eigenvalue weighted by Crippen LogP contribution is 2.21. The van der Waals surface area contributed by atoms with Crippen LogP contribution in [0.1, 0.15) is 13.8 Å². The zero-order valence-corrected chi connectivity index (χ0v) is 16.7. The van der Waals surface area contributed by atoms with Crippen molar-refractivity contribution in [3.05, 3.63) is 53.6 Å². The lowest BCUT2D eigenvalue weighted by Crippen LogP contribution is -2.50. The number of piperazine rings is 1. The van der Waals surface area contributed by atoms with Crippen LogP contribution < -0.4 is 15.1 Å².